The first-order valence-electron chi connectivity index (χ1n) is 14.4. The minimum atomic E-state index is -0.891. The Hall–Kier alpha value is -4.04. The molecule has 1 fully saturated rings. The molecule has 3 aliphatic rings. The molecule has 2 N–H and O–H groups in total. The third-order valence-corrected chi connectivity index (χ3v) is 8.58. The van der Waals surface area contributed by atoms with E-state index in [4.69, 9.17) is 14.2 Å². The van der Waals surface area contributed by atoms with Crippen LogP contribution in [-0.2, 0) is 28.9 Å². The lowest BCUT2D eigenvalue weighted by Gasteiger charge is -2.27. The summed E-state index contributed by atoms with van der Waals surface area (Å²) in [5.74, 6) is -0.0370. The monoisotopic (exact) mass is 556 g/mol. The molecule has 8 heteroatoms. The molecular weight excluding hydrogens is 520 g/mol. The molecule has 214 valence electrons. The number of hydrogen-bond acceptors (Lipinski definition) is 6. The second-order valence-electron chi connectivity index (χ2n) is 11.1. The number of anilines is 1. The average Bonchev–Trinajstić information content (AvgIpc) is 3.71. The Morgan fingerprint density at radius 3 is 2.37 bits per heavy atom. The van der Waals surface area contributed by atoms with Gasteiger partial charge in [-0.05, 0) is 65.8 Å². The van der Waals surface area contributed by atoms with Gasteiger partial charge in [-0.1, -0.05) is 49.7 Å². The molecule has 0 bridgehead atoms. The van der Waals surface area contributed by atoms with E-state index in [0.717, 1.165) is 58.5 Å². The average molecular weight is 557 g/mol. The molecule has 0 aliphatic carbocycles. The molecule has 0 radical (unpaired) electrons. The fourth-order valence-corrected chi connectivity index (χ4v) is 6.69. The Balaban J connectivity index is 1.35. The summed E-state index contributed by atoms with van der Waals surface area (Å²) in [4.78, 5) is 28.6. The third-order valence-electron chi connectivity index (χ3n) is 8.58. The Kier molecular flexibility index (Phi) is 7.34. The van der Waals surface area contributed by atoms with Crippen molar-refractivity contribution in [3.05, 3.63) is 81.9 Å². The van der Waals surface area contributed by atoms with E-state index in [-0.39, 0.29) is 25.2 Å². The Morgan fingerprint density at radius 2 is 1.63 bits per heavy atom. The number of rotatable bonds is 8. The number of benzene rings is 3. The van der Waals surface area contributed by atoms with Gasteiger partial charge in [0.05, 0.1) is 19.1 Å². The van der Waals surface area contributed by atoms with Gasteiger partial charge in [0, 0.05) is 30.6 Å². The molecule has 0 aromatic heterocycles. The first-order chi connectivity index (χ1) is 19.9. The van der Waals surface area contributed by atoms with Gasteiger partial charge in [-0.3, -0.25) is 14.5 Å². The number of nitrogens with one attached hydrogen (secondary N) is 1. The maximum atomic E-state index is 13.7. The molecule has 3 aromatic rings. The minimum Gasteiger partial charge on any atom is -0.493 e. The van der Waals surface area contributed by atoms with Crippen LogP contribution in [0.1, 0.15) is 59.2 Å². The molecule has 41 heavy (non-hydrogen) atoms. The largest absolute Gasteiger partial charge is 0.493 e. The zero-order valence-electron chi connectivity index (χ0n) is 23.7. The van der Waals surface area contributed by atoms with E-state index in [1.165, 1.54) is 5.56 Å². The molecule has 0 unspecified atom stereocenters. The van der Waals surface area contributed by atoms with Crippen molar-refractivity contribution < 1.29 is 28.9 Å². The molecule has 1 saturated heterocycles. The number of nitrogens with zero attached hydrogens (tertiary/aromatic N) is 1. The lowest BCUT2D eigenvalue weighted by Crippen LogP contribution is -2.35. The lowest BCUT2D eigenvalue weighted by molar-refractivity contribution is -0.143. The van der Waals surface area contributed by atoms with E-state index in [1.807, 2.05) is 35.2 Å². The molecule has 0 saturated carbocycles. The van der Waals surface area contributed by atoms with Gasteiger partial charge in [0.25, 0.3) is 0 Å². The summed E-state index contributed by atoms with van der Waals surface area (Å²) in [6.07, 6.45) is 2.40. The first kappa shape index (κ1) is 27.1. The van der Waals surface area contributed by atoms with Gasteiger partial charge in [-0.15, -0.1) is 0 Å². The molecule has 3 aromatic carbocycles. The third kappa shape index (κ3) is 5.12. The number of likely N-dealkylation sites (tertiary alicyclic amines) is 1. The van der Waals surface area contributed by atoms with Gasteiger partial charge in [0.2, 0.25) is 12.7 Å². The van der Waals surface area contributed by atoms with E-state index in [2.05, 4.69) is 44.3 Å². The summed E-state index contributed by atoms with van der Waals surface area (Å²) in [6.45, 7) is 7.50. The van der Waals surface area contributed by atoms with Gasteiger partial charge in [-0.2, -0.15) is 0 Å². The van der Waals surface area contributed by atoms with Crippen LogP contribution in [0, 0.1) is 12.8 Å². The Bertz CT molecular complexity index is 1480. The Morgan fingerprint density at radius 1 is 0.927 bits per heavy atom. The summed E-state index contributed by atoms with van der Waals surface area (Å²) < 4.78 is 16.8. The van der Waals surface area contributed by atoms with Crippen molar-refractivity contribution in [2.24, 2.45) is 5.92 Å². The van der Waals surface area contributed by atoms with Gasteiger partial charge in [-0.25, -0.2) is 0 Å². The van der Waals surface area contributed by atoms with E-state index in [9.17, 15) is 14.7 Å². The second kappa shape index (κ2) is 11.1. The molecule has 3 aliphatic heterocycles. The number of aliphatic carboxylic acids is 1. The number of aryl methyl sites for hydroxylation is 3. The number of amides is 1. The number of fused-ring (bicyclic) bond motifs is 2. The van der Waals surface area contributed by atoms with Gasteiger partial charge in [0.1, 0.15) is 5.75 Å². The summed E-state index contributed by atoms with van der Waals surface area (Å²) in [5.41, 5.74) is 7.07. The number of carboxylic acids is 1. The van der Waals surface area contributed by atoms with Crippen LogP contribution in [0.5, 0.6) is 17.2 Å². The number of carbonyl (C=O) groups excluding carboxylic acids is 1. The topological polar surface area (TPSA) is 97.3 Å². The molecule has 8 nitrogen and oxygen atoms in total. The van der Waals surface area contributed by atoms with Crippen molar-refractivity contribution in [3.63, 3.8) is 0 Å². The van der Waals surface area contributed by atoms with E-state index in [0.29, 0.717) is 24.7 Å². The summed E-state index contributed by atoms with van der Waals surface area (Å²) in [5, 5.41) is 13.8. The van der Waals surface area contributed by atoms with Crippen LogP contribution < -0.4 is 19.5 Å². The van der Waals surface area contributed by atoms with Gasteiger partial charge >= 0.3 is 5.97 Å². The van der Waals surface area contributed by atoms with Crippen molar-refractivity contribution in [3.8, 4) is 17.2 Å². The molecule has 0 spiro atoms. The van der Waals surface area contributed by atoms with Crippen molar-refractivity contribution >= 4 is 17.6 Å². The zero-order valence-corrected chi connectivity index (χ0v) is 23.7. The number of carboxylic acid groups (broad SMARTS) is 1. The normalized spacial score (nSPS) is 21.0. The van der Waals surface area contributed by atoms with Crippen molar-refractivity contribution in [2.45, 2.75) is 52.0 Å². The predicted molar refractivity (Wildman–Crippen MR) is 155 cm³/mol. The highest BCUT2D eigenvalue weighted by Crippen LogP contribution is 2.48. The molecule has 1 amide bonds. The highest BCUT2D eigenvalue weighted by Gasteiger charge is 2.48. The van der Waals surface area contributed by atoms with Crippen LogP contribution in [0.25, 0.3) is 0 Å². The fraction of sp³-hybridized carbons (Fsp3) is 0.394. The molecule has 3 atom stereocenters. The molecular formula is C33H36N2O6. The lowest BCUT2D eigenvalue weighted by atomic mass is 9.82. The molecule has 6 rings (SSSR count). The zero-order chi connectivity index (χ0) is 28.7. The van der Waals surface area contributed by atoms with E-state index < -0.39 is 17.9 Å². The fourth-order valence-electron chi connectivity index (χ4n) is 6.69. The van der Waals surface area contributed by atoms with Crippen LogP contribution >= 0.6 is 0 Å². The number of carbonyl (C=O) groups is 2. The van der Waals surface area contributed by atoms with E-state index in [1.54, 1.807) is 0 Å². The summed E-state index contributed by atoms with van der Waals surface area (Å²) in [7, 11) is 0. The maximum Gasteiger partial charge on any atom is 0.309 e. The second-order valence-corrected chi connectivity index (χ2v) is 11.1. The highest BCUT2D eigenvalue weighted by atomic mass is 16.7. The number of ether oxygens (including phenoxy) is 3. The predicted octanol–water partition coefficient (Wildman–Crippen LogP) is 5.26. The van der Waals surface area contributed by atoms with Crippen molar-refractivity contribution in [1.29, 1.82) is 0 Å². The quantitative estimate of drug-likeness (QED) is 0.391. The van der Waals surface area contributed by atoms with Crippen molar-refractivity contribution in [2.75, 3.05) is 31.8 Å². The minimum absolute atomic E-state index is 0.0727. The summed E-state index contributed by atoms with van der Waals surface area (Å²) in [6, 6.07) is 15.3. The highest BCUT2D eigenvalue weighted by molar-refractivity contribution is 5.94. The SMILES string of the molecule is CCc1cc(C)cc(CC)c1NC(=O)CN1C[C@H](c2ccc3c(c2)OCO3)[C@@H](C(=O)O)[C@@H]1c1ccc2c(c1)CCO2. The maximum absolute atomic E-state index is 13.7. The van der Waals surface area contributed by atoms with Crippen LogP contribution in [0.3, 0.4) is 0 Å². The summed E-state index contributed by atoms with van der Waals surface area (Å²) >= 11 is 0. The van der Waals surface area contributed by atoms with Crippen molar-refractivity contribution in [1.82, 2.24) is 4.90 Å². The van der Waals surface area contributed by atoms with Crippen LogP contribution in [0.4, 0.5) is 5.69 Å². The Labute approximate surface area is 240 Å². The van der Waals surface area contributed by atoms with Crippen LogP contribution in [-0.4, -0.2) is 48.4 Å². The van der Waals surface area contributed by atoms with E-state index >= 15 is 0 Å². The van der Waals surface area contributed by atoms with Crippen LogP contribution in [0.2, 0.25) is 0 Å². The molecule has 3 heterocycles. The smallest absolute Gasteiger partial charge is 0.309 e. The number of hydrogen-bond donors (Lipinski definition) is 2. The first-order valence-corrected chi connectivity index (χ1v) is 14.4. The van der Waals surface area contributed by atoms with Gasteiger partial charge < -0.3 is 24.6 Å². The van der Waals surface area contributed by atoms with Gasteiger partial charge in [0.15, 0.2) is 11.5 Å². The standard InChI is InChI=1S/C33H36N2O6/c1-4-20-12-19(3)13-21(5-2)31(20)34-29(36)17-35-16-25(22-6-9-27-28(15-22)41-18-40-27)30(33(37)38)32(35)24-7-8-26-23(14-24)10-11-39-26/h6-9,12-15,25,30,32H,4-5,10-11,16-18H2,1-3H3,(H,34,36)(H,37,38)/t25-,30-,32+/m1/s1. The van der Waals surface area contributed by atoms with Crippen LogP contribution in [0.15, 0.2) is 48.5 Å².